The van der Waals surface area contributed by atoms with Crippen molar-refractivity contribution in [2.45, 2.75) is 136 Å². The predicted molar refractivity (Wildman–Crippen MR) is 136 cm³/mol. The van der Waals surface area contributed by atoms with Gasteiger partial charge in [-0.2, -0.15) is 0 Å². The molecule has 0 saturated carbocycles. The third-order valence-corrected chi connectivity index (χ3v) is 6.92. The van der Waals surface area contributed by atoms with Crippen LogP contribution in [0.25, 0.3) is 0 Å². The van der Waals surface area contributed by atoms with Crippen molar-refractivity contribution in [1.82, 2.24) is 0 Å². The summed E-state index contributed by atoms with van der Waals surface area (Å²) in [6, 6.07) is 8.35. The minimum atomic E-state index is 0.568. The Morgan fingerprint density at radius 1 is 0.800 bits per heavy atom. The van der Waals surface area contributed by atoms with Crippen LogP contribution in [-0.2, 0) is 6.42 Å². The lowest BCUT2D eigenvalue weighted by molar-refractivity contribution is 0.532. The van der Waals surface area contributed by atoms with E-state index in [1.165, 1.54) is 114 Å². The van der Waals surface area contributed by atoms with E-state index in [1.807, 2.05) is 0 Å². The zero-order valence-corrected chi connectivity index (χ0v) is 20.6. The SMILES string of the molecule is CCCCCCCCC(C)Nc1ccc2c(c1)CCN2C(C)CCCCCCCC. The number of nitrogens with one attached hydrogen (secondary N) is 1. The normalized spacial score (nSPS) is 15.3. The van der Waals surface area contributed by atoms with Gasteiger partial charge in [0, 0.05) is 30.0 Å². The van der Waals surface area contributed by atoms with E-state index >= 15 is 0 Å². The molecule has 2 rings (SSSR count). The first-order valence-corrected chi connectivity index (χ1v) is 13.3. The second-order valence-electron chi connectivity index (χ2n) is 9.79. The number of nitrogens with zero attached hydrogens (tertiary/aromatic N) is 1. The average molecular weight is 415 g/mol. The molecule has 0 aliphatic carbocycles. The summed E-state index contributed by atoms with van der Waals surface area (Å²) in [5.74, 6) is 0. The fourth-order valence-corrected chi connectivity index (χ4v) is 4.94. The van der Waals surface area contributed by atoms with Crippen molar-refractivity contribution in [2.24, 2.45) is 0 Å². The third kappa shape index (κ3) is 8.90. The highest BCUT2D eigenvalue weighted by molar-refractivity contribution is 5.64. The second kappa shape index (κ2) is 14.8. The first kappa shape index (κ1) is 25.1. The molecule has 2 atom stereocenters. The monoisotopic (exact) mass is 414 g/mol. The average Bonchev–Trinajstić information content (AvgIpc) is 3.16. The van der Waals surface area contributed by atoms with Gasteiger partial charge in [0.1, 0.15) is 0 Å². The summed E-state index contributed by atoms with van der Waals surface area (Å²) in [6.07, 6.45) is 20.5. The maximum absolute atomic E-state index is 3.76. The van der Waals surface area contributed by atoms with E-state index in [-0.39, 0.29) is 0 Å². The van der Waals surface area contributed by atoms with Gasteiger partial charge < -0.3 is 10.2 Å². The fourth-order valence-electron chi connectivity index (χ4n) is 4.94. The van der Waals surface area contributed by atoms with Crippen LogP contribution in [0.3, 0.4) is 0 Å². The van der Waals surface area contributed by atoms with E-state index in [1.54, 1.807) is 5.56 Å². The zero-order valence-electron chi connectivity index (χ0n) is 20.6. The molecule has 0 saturated heterocycles. The van der Waals surface area contributed by atoms with E-state index in [0.29, 0.717) is 12.1 Å². The molecular formula is C28H50N2. The topological polar surface area (TPSA) is 15.3 Å². The smallest absolute Gasteiger partial charge is 0.0403 e. The number of rotatable bonds is 17. The molecule has 172 valence electrons. The Hall–Kier alpha value is -1.18. The lowest BCUT2D eigenvalue weighted by atomic mass is 10.0. The number of hydrogen-bond donors (Lipinski definition) is 1. The molecule has 1 aliphatic heterocycles. The highest BCUT2D eigenvalue weighted by Crippen LogP contribution is 2.33. The van der Waals surface area contributed by atoms with E-state index in [0.717, 1.165) is 0 Å². The molecule has 30 heavy (non-hydrogen) atoms. The van der Waals surface area contributed by atoms with Crippen LogP contribution in [0.2, 0.25) is 0 Å². The molecule has 1 N–H and O–H groups in total. The van der Waals surface area contributed by atoms with Crippen molar-refractivity contribution in [2.75, 3.05) is 16.8 Å². The van der Waals surface area contributed by atoms with Gasteiger partial charge in [0.15, 0.2) is 0 Å². The molecule has 0 bridgehead atoms. The first-order valence-electron chi connectivity index (χ1n) is 13.3. The molecule has 0 amide bonds. The minimum Gasteiger partial charge on any atom is -0.383 e. The lowest BCUT2D eigenvalue weighted by Gasteiger charge is -2.27. The van der Waals surface area contributed by atoms with Gasteiger partial charge in [0.25, 0.3) is 0 Å². The van der Waals surface area contributed by atoms with Crippen molar-refractivity contribution in [3.63, 3.8) is 0 Å². The van der Waals surface area contributed by atoms with Gasteiger partial charge in [-0.1, -0.05) is 90.9 Å². The third-order valence-electron chi connectivity index (χ3n) is 6.92. The van der Waals surface area contributed by atoms with Gasteiger partial charge >= 0.3 is 0 Å². The largest absolute Gasteiger partial charge is 0.383 e. The zero-order chi connectivity index (χ0) is 21.6. The standard InChI is InChI=1S/C28H50N2/c1-5-7-9-11-13-15-17-24(3)29-27-19-20-28-26(23-27)21-22-30(28)25(4)18-16-14-12-10-8-6-2/h19-20,23-25,29H,5-18,21-22H2,1-4H3. The molecule has 2 heteroatoms. The van der Waals surface area contributed by atoms with Crippen LogP contribution in [0.4, 0.5) is 11.4 Å². The van der Waals surface area contributed by atoms with Crippen molar-refractivity contribution >= 4 is 11.4 Å². The number of benzene rings is 1. The van der Waals surface area contributed by atoms with Gasteiger partial charge in [0.05, 0.1) is 0 Å². The Balaban J connectivity index is 1.71. The quantitative estimate of drug-likeness (QED) is 0.256. The molecule has 0 radical (unpaired) electrons. The van der Waals surface area contributed by atoms with Crippen LogP contribution >= 0.6 is 0 Å². The Labute approximate surface area is 188 Å². The molecule has 1 heterocycles. The van der Waals surface area contributed by atoms with Crippen LogP contribution < -0.4 is 10.2 Å². The van der Waals surface area contributed by atoms with Crippen LogP contribution in [0, 0.1) is 0 Å². The van der Waals surface area contributed by atoms with Gasteiger partial charge in [0.2, 0.25) is 0 Å². The molecule has 1 aliphatic rings. The molecule has 2 nitrogen and oxygen atoms in total. The minimum absolute atomic E-state index is 0.568. The molecular weight excluding hydrogens is 364 g/mol. The van der Waals surface area contributed by atoms with Crippen molar-refractivity contribution in [3.8, 4) is 0 Å². The first-order chi connectivity index (χ1) is 14.7. The fraction of sp³-hybridized carbons (Fsp3) is 0.786. The van der Waals surface area contributed by atoms with E-state index in [9.17, 15) is 0 Å². The highest BCUT2D eigenvalue weighted by atomic mass is 15.2. The molecule has 1 aromatic carbocycles. The van der Waals surface area contributed by atoms with Crippen molar-refractivity contribution in [1.29, 1.82) is 0 Å². The molecule has 2 unspecified atom stereocenters. The number of fused-ring (bicyclic) bond motifs is 1. The van der Waals surface area contributed by atoms with Crippen LogP contribution in [-0.4, -0.2) is 18.6 Å². The Kier molecular flexibility index (Phi) is 12.3. The predicted octanol–water partition coefficient (Wildman–Crippen LogP) is 8.74. The van der Waals surface area contributed by atoms with E-state index < -0.39 is 0 Å². The summed E-state index contributed by atoms with van der Waals surface area (Å²) in [5, 5.41) is 3.76. The van der Waals surface area contributed by atoms with Gasteiger partial charge in [-0.15, -0.1) is 0 Å². The summed E-state index contributed by atoms with van der Waals surface area (Å²) in [5.41, 5.74) is 4.35. The van der Waals surface area contributed by atoms with E-state index in [2.05, 4.69) is 56.1 Å². The highest BCUT2D eigenvalue weighted by Gasteiger charge is 2.23. The lowest BCUT2D eigenvalue weighted by Crippen LogP contribution is -2.31. The maximum atomic E-state index is 3.76. The Morgan fingerprint density at radius 3 is 2.07 bits per heavy atom. The van der Waals surface area contributed by atoms with Crippen molar-refractivity contribution in [3.05, 3.63) is 23.8 Å². The summed E-state index contributed by atoms with van der Waals surface area (Å²) in [4.78, 5) is 2.66. The Bertz CT molecular complexity index is 568. The van der Waals surface area contributed by atoms with Gasteiger partial charge in [-0.05, 0) is 56.9 Å². The van der Waals surface area contributed by atoms with Crippen LogP contribution in [0.1, 0.15) is 123 Å². The number of hydrogen-bond acceptors (Lipinski definition) is 2. The molecule has 1 aromatic rings. The number of anilines is 2. The summed E-state index contributed by atoms with van der Waals surface area (Å²) < 4.78 is 0. The van der Waals surface area contributed by atoms with E-state index in [4.69, 9.17) is 0 Å². The second-order valence-corrected chi connectivity index (χ2v) is 9.79. The van der Waals surface area contributed by atoms with Gasteiger partial charge in [-0.3, -0.25) is 0 Å². The summed E-state index contributed by atoms with van der Waals surface area (Å²) in [7, 11) is 0. The Morgan fingerprint density at radius 2 is 1.40 bits per heavy atom. The van der Waals surface area contributed by atoms with Crippen LogP contribution in [0.5, 0.6) is 0 Å². The molecule has 0 fully saturated rings. The summed E-state index contributed by atoms with van der Waals surface area (Å²) in [6.45, 7) is 10.6. The van der Waals surface area contributed by atoms with Crippen molar-refractivity contribution < 1.29 is 0 Å². The molecule has 0 spiro atoms. The molecule has 0 aromatic heterocycles. The summed E-state index contributed by atoms with van der Waals surface area (Å²) >= 11 is 0. The maximum Gasteiger partial charge on any atom is 0.0403 e. The van der Waals surface area contributed by atoms with Crippen LogP contribution in [0.15, 0.2) is 18.2 Å². The number of unbranched alkanes of at least 4 members (excludes halogenated alkanes) is 10. The van der Waals surface area contributed by atoms with Gasteiger partial charge in [-0.25, -0.2) is 0 Å².